The van der Waals surface area contributed by atoms with E-state index in [4.69, 9.17) is 16.7 Å². The largest absolute Gasteiger partial charge is 0.478 e. The van der Waals surface area contributed by atoms with Gasteiger partial charge in [0.2, 0.25) is 0 Å². The Hall–Kier alpha value is -3.64. The van der Waals surface area contributed by atoms with Gasteiger partial charge in [-0.2, -0.15) is 5.10 Å². The van der Waals surface area contributed by atoms with Crippen molar-refractivity contribution in [2.24, 2.45) is 5.10 Å². The van der Waals surface area contributed by atoms with Crippen LogP contribution in [-0.2, 0) is 6.54 Å². The van der Waals surface area contributed by atoms with E-state index in [1.807, 2.05) is 48.5 Å². The number of imidazole rings is 1. The van der Waals surface area contributed by atoms with Crippen LogP contribution in [0.25, 0.3) is 11.0 Å². The second-order valence-electron chi connectivity index (χ2n) is 6.42. The maximum absolute atomic E-state index is 10.9. The number of rotatable bonds is 6. The van der Waals surface area contributed by atoms with Crippen molar-refractivity contribution >= 4 is 40.5 Å². The van der Waals surface area contributed by atoms with Gasteiger partial charge in [0.15, 0.2) is 5.82 Å². The molecule has 0 unspecified atom stereocenters. The van der Waals surface area contributed by atoms with Crippen LogP contribution in [-0.4, -0.2) is 26.8 Å². The summed E-state index contributed by atoms with van der Waals surface area (Å²) in [5, 5.41) is 13.9. The second kappa shape index (κ2) is 8.16. The average Bonchev–Trinajstić information content (AvgIpc) is 3.07. The van der Waals surface area contributed by atoms with Crippen LogP contribution in [0.3, 0.4) is 0 Å². The SMILES string of the molecule is O=C(O)c1ccc(NN=Cc2nc3ccccc3n2Cc2ccc(Cl)cc2)cc1. The molecule has 0 bridgehead atoms. The van der Waals surface area contributed by atoms with Crippen LogP contribution < -0.4 is 5.43 Å². The molecule has 0 saturated carbocycles. The highest BCUT2D eigenvalue weighted by Gasteiger charge is 2.09. The predicted molar refractivity (Wildman–Crippen MR) is 115 cm³/mol. The molecule has 0 saturated heterocycles. The standard InChI is InChI=1S/C22H17ClN4O2/c23-17-9-5-15(6-10-17)14-27-20-4-2-1-3-19(20)25-21(27)13-24-26-18-11-7-16(8-12-18)22(28)29/h1-13,26H,14H2,(H,28,29). The monoisotopic (exact) mass is 404 g/mol. The van der Waals surface area contributed by atoms with Gasteiger partial charge in [0.1, 0.15) is 0 Å². The Morgan fingerprint density at radius 3 is 2.52 bits per heavy atom. The van der Waals surface area contributed by atoms with E-state index in [0.717, 1.165) is 16.6 Å². The van der Waals surface area contributed by atoms with E-state index < -0.39 is 5.97 Å². The third-order valence-electron chi connectivity index (χ3n) is 4.44. The normalized spacial score (nSPS) is 11.2. The Morgan fingerprint density at radius 1 is 1.07 bits per heavy atom. The number of hydrazone groups is 1. The van der Waals surface area contributed by atoms with Gasteiger partial charge in [-0.25, -0.2) is 9.78 Å². The smallest absolute Gasteiger partial charge is 0.335 e. The summed E-state index contributed by atoms with van der Waals surface area (Å²) in [5.74, 6) is -0.258. The molecule has 0 aliphatic rings. The summed E-state index contributed by atoms with van der Waals surface area (Å²) in [6.07, 6.45) is 1.65. The van der Waals surface area contributed by atoms with E-state index in [1.54, 1.807) is 18.3 Å². The quantitative estimate of drug-likeness (QED) is 0.354. The van der Waals surface area contributed by atoms with E-state index in [0.29, 0.717) is 23.1 Å². The van der Waals surface area contributed by atoms with E-state index >= 15 is 0 Å². The molecule has 0 fully saturated rings. The molecule has 29 heavy (non-hydrogen) atoms. The number of para-hydroxylation sites is 2. The maximum Gasteiger partial charge on any atom is 0.335 e. The van der Waals surface area contributed by atoms with Crippen molar-refractivity contribution in [3.8, 4) is 0 Å². The van der Waals surface area contributed by atoms with E-state index in [9.17, 15) is 4.79 Å². The zero-order valence-corrected chi connectivity index (χ0v) is 16.0. The molecular weight excluding hydrogens is 388 g/mol. The van der Waals surface area contributed by atoms with Gasteiger partial charge < -0.3 is 9.67 Å². The third kappa shape index (κ3) is 4.28. The van der Waals surface area contributed by atoms with E-state index in [2.05, 4.69) is 20.1 Å². The van der Waals surface area contributed by atoms with Crippen molar-refractivity contribution < 1.29 is 9.90 Å². The molecule has 2 N–H and O–H groups in total. The summed E-state index contributed by atoms with van der Waals surface area (Å²) in [5.41, 5.74) is 6.81. The molecule has 1 aromatic heterocycles. The molecule has 144 valence electrons. The highest BCUT2D eigenvalue weighted by atomic mass is 35.5. The highest BCUT2D eigenvalue weighted by Crippen LogP contribution is 2.18. The first-order valence-corrected chi connectivity index (χ1v) is 9.30. The van der Waals surface area contributed by atoms with Crippen LogP contribution in [0.5, 0.6) is 0 Å². The number of carboxylic acid groups (broad SMARTS) is 1. The van der Waals surface area contributed by atoms with E-state index in [-0.39, 0.29) is 5.56 Å². The number of benzene rings is 3. The number of carboxylic acids is 1. The van der Waals surface area contributed by atoms with Gasteiger partial charge in [-0.05, 0) is 54.1 Å². The lowest BCUT2D eigenvalue weighted by Gasteiger charge is -2.07. The number of hydrogen-bond donors (Lipinski definition) is 2. The van der Waals surface area contributed by atoms with Crippen LogP contribution in [0, 0.1) is 0 Å². The first-order valence-electron chi connectivity index (χ1n) is 8.92. The zero-order chi connectivity index (χ0) is 20.2. The number of carbonyl (C=O) groups is 1. The summed E-state index contributed by atoms with van der Waals surface area (Å²) in [4.78, 5) is 15.6. The topological polar surface area (TPSA) is 79.5 Å². The summed E-state index contributed by atoms with van der Waals surface area (Å²) < 4.78 is 2.08. The number of anilines is 1. The van der Waals surface area contributed by atoms with Gasteiger partial charge >= 0.3 is 5.97 Å². The van der Waals surface area contributed by atoms with Crippen molar-refractivity contribution in [1.82, 2.24) is 9.55 Å². The van der Waals surface area contributed by atoms with Crippen molar-refractivity contribution in [2.75, 3.05) is 5.43 Å². The molecule has 0 atom stereocenters. The number of aromatic nitrogens is 2. The summed E-state index contributed by atoms with van der Waals surface area (Å²) in [6, 6.07) is 22.0. The number of halogens is 1. The van der Waals surface area contributed by atoms with Gasteiger partial charge in [0, 0.05) is 11.6 Å². The Labute approximate surface area is 172 Å². The fourth-order valence-electron chi connectivity index (χ4n) is 2.98. The number of nitrogens with one attached hydrogen (secondary N) is 1. The molecule has 4 rings (SSSR count). The summed E-state index contributed by atoms with van der Waals surface area (Å²) >= 11 is 5.99. The first kappa shape index (κ1) is 18.7. The van der Waals surface area contributed by atoms with Crippen molar-refractivity contribution in [3.05, 3.63) is 94.8 Å². The van der Waals surface area contributed by atoms with Crippen molar-refractivity contribution in [1.29, 1.82) is 0 Å². The van der Waals surface area contributed by atoms with Gasteiger partial charge in [-0.15, -0.1) is 0 Å². The third-order valence-corrected chi connectivity index (χ3v) is 4.70. The van der Waals surface area contributed by atoms with Crippen LogP contribution in [0.4, 0.5) is 5.69 Å². The summed E-state index contributed by atoms with van der Waals surface area (Å²) in [7, 11) is 0. The average molecular weight is 405 g/mol. The lowest BCUT2D eigenvalue weighted by molar-refractivity contribution is 0.0697. The number of aromatic carboxylic acids is 1. The predicted octanol–water partition coefficient (Wildman–Crippen LogP) is 4.88. The van der Waals surface area contributed by atoms with Gasteiger partial charge in [0.25, 0.3) is 0 Å². The van der Waals surface area contributed by atoms with Crippen LogP contribution >= 0.6 is 11.6 Å². The van der Waals surface area contributed by atoms with Crippen LogP contribution in [0.2, 0.25) is 5.02 Å². The molecule has 6 nitrogen and oxygen atoms in total. The highest BCUT2D eigenvalue weighted by molar-refractivity contribution is 6.30. The molecule has 0 amide bonds. The minimum Gasteiger partial charge on any atom is -0.478 e. The molecule has 0 aliphatic carbocycles. The molecule has 1 heterocycles. The molecule has 3 aromatic carbocycles. The molecule has 7 heteroatoms. The number of fused-ring (bicyclic) bond motifs is 1. The molecule has 0 aliphatic heterocycles. The zero-order valence-electron chi connectivity index (χ0n) is 15.3. The van der Waals surface area contributed by atoms with Crippen molar-refractivity contribution in [3.63, 3.8) is 0 Å². The lowest BCUT2D eigenvalue weighted by atomic mass is 10.2. The Kier molecular flexibility index (Phi) is 5.27. The first-order chi connectivity index (χ1) is 14.1. The Morgan fingerprint density at radius 2 is 1.79 bits per heavy atom. The minimum atomic E-state index is -0.962. The lowest BCUT2D eigenvalue weighted by Crippen LogP contribution is -2.05. The Bertz CT molecular complexity index is 1180. The fourth-order valence-corrected chi connectivity index (χ4v) is 3.11. The van der Waals surface area contributed by atoms with Crippen molar-refractivity contribution in [2.45, 2.75) is 6.54 Å². The van der Waals surface area contributed by atoms with Crippen LogP contribution in [0.1, 0.15) is 21.7 Å². The Balaban J connectivity index is 1.59. The van der Waals surface area contributed by atoms with E-state index in [1.165, 1.54) is 12.1 Å². The minimum absolute atomic E-state index is 0.226. The fraction of sp³-hybridized carbons (Fsp3) is 0.0455. The van der Waals surface area contributed by atoms with Gasteiger partial charge in [0.05, 0.1) is 28.5 Å². The molecule has 0 spiro atoms. The van der Waals surface area contributed by atoms with Gasteiger partial charge in [-0.1, -0.05) is 35.9 Å². The maximum atomic E-state index is 10.9. The molecule has 0 radical (unpaired) electrons. The molecule has 4 aromatic rings. The number of hydrogen-bond acceptors (Lipinski definition) is 4. The molecular formula is C22H17ClN4O2. The summed E-state index contributed by atoms with van der Waals surface area (Å²) in [6.45, 7) is 0.631. The number of nitrogens with zero attached hydrogens (tertiary/aromatic N) is 3. The van der Waals surface area contributed by atoms with Crippen LogP contribution in [0.15, 0.2) is 77.9 Å². The second-order valence-corrected chi connectivity index (χ2v) is 6.86. The van der Waals surface area contributed by atoms with Gasteiger partial charge in [-0.3, -0.25) is 5.43 Å².